The Bertz CT molecular complexity index is 394. The molecule has 1 saturated heterocycles. The lowest BCUT2D eigenvalue weighted by Crippen LogP contribution is -2.55. The van der Waals surface area contributed by atoms with Gasteiger partial charge >= 0.3 is 0 Å². The molecule has 2 nitrogen and oxygen atoms in total. The van der Waals surface area contributed by atoms with Gasteiger partial charge in [0.1, 0.15) is 5.82 Å². The molecule has 0 spiro atoms. The van der Waals surface area contributed by atoms with Crippen molar-refractivity contribution < 1.29 is 4.39 Å². The number of halogens is 1. The predicted molar refractivity (Wildman–Crippen MR) is 73.1 cm³/mol. The largest absolute Gasteiger partial charge is 0.311 e. The van der Waals surface area contributed by atoms with Crippen molar-refractivity contribution in [2.45, 2.75) is 45.3 Å². The van der Waals surface area contributed by atoms with Crippen LogP contribution in [0.3, 0.4) is 0 Å². The Kier molecular flexibility index (Phi) is 4.36. The molecule has 0 radical (unpaired) electrons. The van der Waals surface area contributed by atoms with E-state index in [1.807, 2.05) is 12.1 Å². The van der Waals surface area contributed by atoms with Crippen molar-refractivity contribution in [3.8, 4) is 0 Å². The number of nitrogens with one attached hydrogen (secondary N) is 1. The highest BCUT2D eigenvalue weighted by atomic mass is 19.1. The molecular formula is C15H23FN2. The van der Waals surface area contributed by atoms with Gasteiger partial charge in [-0.05, 0) is 26.3 Å². The molecule has 1 aliphatic rings. The highest BCUT2D eigenvalue weighted by Gasteiger charge is 2.29. The summed E-state index contributed by atoms with van der Waals surface area (Å²) in [4.78, 5) is 2.43. The molecule has 0 saturated carbocycles. The Morgan fingerprint density at radius 3 is 2.83 bits per heavy atom. The van der Waals surface area contributed by atoms with Crippen LogP contribution in [-0.4, -0.2) is 30.1 Å². The zero-order chi connectivity index (χ0) is 13.1. The summed E-state index contributed by atoms with van der Waals surface area (Å²) in [7, 11) is 0. The lowest BCUT2D eigenvalue weighted by molar-refractivity contribution is 0.0888. The number of hydrogen-bond donors (Lipinski definition) is 1. The molecule has 18 heavy (non-hydrogen) atoms. The van der Waals surface area contributed by atoms with Crippen molar-refractivity contribution in [1.29, 1.82) is 0 Å². The summed E-state index contributed by atoms with van der Waals surface area (Å²) in [5, 5.41) is 3.50. The fourth-order valence-electron chi connectivity index (χ4n) is 2.83. The van der Waals surface area contributed by atoms with Crippen molar-refractivity contribution in [3.63, 3.8) is 0 Å². The predicted octanol–water partition coefficient (Wildman–Crippen LogP) is 2.96. The van der Waals surface area contributed by atoms with Crippen molar-refractivity contribution in [3.05, 3.63) is 35.6 Å². The first-order chi connectivity index (χ1) is 8.63. The van der Waals surface area contributed by atoms with E-state index >= 15 is 0 Å². The van der Waals surface area contributed by atoms with Crippen LogP contribution in [0.2, 0.25) is 0 Å². The molecule has 3 heteroatoms. The van der Waals surface area contributed by atoms with Crippen LogP contribution in [0.1, 0.15) is 38.8 Å². The first-order valence-electron chi connectivity index (χ1n) is 6.87. The lowest BCUT2D eigenvalue weighted by atomic mass is 10.00. The number of hydrogen-bond acceptors (Lipinski definition) is 2. The highest BCUT2D eigenvalue weighted by Crippen LogP contribution is 2.27. The molecule has 0 aromatic heterocycles. The molecule has 2 rings (SSSR count). The first-order valence-corrected chi connectivity index (χ1v) is 6.87. The van der Waals surface area contributed by atoms with E-state index in [4.69, 9.17) is 0 Å². The van der Waals surface area contributed by atoms with Crippen LogP contribution in [0.15, 0.2) is 24.3 Å². The van der Waals surface area contributed by atoms with Gasteiger partial charge in [0, 0.05) is 36.8 Å². The molecule has 3 unspecified atom stereocenters. The SMILES string of the molecule is CCC1CNC(C)CN1C(C)c1ccccc1F. The molecule has 1 aromatic carbocycles. The second-order valence-corrected chi connectivity index (χ2v) is 5.27. The zero-order valence-electron chi connectivity index (χ0n) is 11.5. The van der Waals surface area contributed by atoms with E-state index in [1.54, 1.807) is 12.1 Å². The van der Waals surface area contributed by atoms with Crippen molar-refractivity contribution in [2.75, 3.05) is 13.1 Å². The summed E-state index contributed by atoms with van der Waals surface area (Å²) in [6, 6.07) is 8.24. The lowest BCUT2D eigenvalue weighted by Gasteiger charge is -2.42. The Labute approximate surface area is 109 Å². The molecule has 1 N–H and O–H groups in total. The van der Waals surface area contributed by atoms with Gasteiger partial charge in [-0.25, -0.2) is 4.39 Å². The Morgan fingerprint density at radius 1 is 1.44 bits per heavy atom. The summed E-state index contributed by atoms with van der Waals surface area (Å²) in [6.45, 7) is 8.47. The van der Waals surface area contributed by atoms with E-state index < -0.39 is 0 Å². The summed E-state index contributed by atoms with van der Waals surface area (Å²) >= 11 is 0. The van der Waals surface area contributed by atoms with E-state index in [-0.39, 0.29) is 11.9 Å². The van der Waals surface area contributed by atoms with Crippen molar-refractivity contribution >= 4 is 0 Å². The fraction of sp³-hybridized carbons (Fsp3) is 0.600. The minimum atomic E-state index is -0.0916. The van der Waals surface area contributed by atoms with Crippen LogP contribution < -0.4 is 5.32 Å². The van der Waals surface area contributed by atoms with Crippen LogP contribution in [0.25, 0.3) is 0 Å². The van der Waals surface area contributed by atoms with Crippen LogP contribution in [0, 0.1) is 5.82 Å². The van der Waals surface area contributed by atoms with Gasteiger partial charge in [0.25, 0.3) is 0 Å². The maximum Gasteiger partial charge on any atom is 0.127 e. The van der Waals surface area contributed by atoms with Crippen LogP contribution >= 0.6 is 0 Å². The first kappa shape index (κ1) is 13.5. The standard InChI is InChI=1S/C15H23FN2/c1-4-13-9-17-11(2)10-18(13)12(3)14-7-5-6-8-15(14)16/h5-8,11-13,17H,4,9-10H2,1-3H3. The summed E-state index contributed by atoms with van der Waals surface area (Å²) in [5.41, 5.74) is 0.810. The minimum Gasteiger partial charge on any atom is -0.311 e. The average molecular weight is 250 g/mol. The van der Waals surface area contributed by atoms with Crippen molar-refractivity contribution in [1.82, 2.24) is 10.2 Å². The normalized spacial score (nSPS) is 27.1. The topological polar surface area (TPSA) is 15.3 Å². The Hall–Kier alpha value is -0.930. The van der Waals surface area contributed by atoms with Crippen LogP contribution in [-0.2, 0) is 0 Å². The number of piperazine rings is 1. The van der Waals surface area contributed by atoms with E-state index in [0.29, 0.717) is 12.1 Å². The van der Waals surface area contributed by atoms with Gasteiger partial charge in [-0.2, -0.15) is 0 Å². The molecule has 1 heterocycles. The second kappa shape index (κ2) is 5.81. The number of nitrogens with zero attached hydrogens (tertiary/aromatic N) is 1. The van der Waals surface area contributed by atoms with Crippen LogP contribution in [0.5, 0.6) is 0 Å². The third kappa shape index (κ3) is 2.73. The molecular weight excluding hydrogens is 227 g/mol. The van der Waals surface area contributed by atoms with Crippen molar-refractivity contribution in [2.24, 2.45) is 0 Å². The Morgan fingerprint density at radius 2 is 2.17 bits per heavy atom. The maximum absolute atomic E-state index is 13.9. The molecule has 1 fully saturated rings. The molecule has 100 valence electrons. The van der Waals surface area contributed by atoms with Gasteiger partial charge in [0.15, 0.2) is 0 Å². The molecule has 3 atom stereocenters. The van der Waals surface area contributed by atoms with E-state index in [1.165, 1.54) is 0 Å². The van der Waals surface area contributed by atoms with Gasteiger partial charge in [0.2, 0.25) is 0 Å². The second-order valence-electron chi connectivity index (χ2n) is 5.27. The number of benzene rings is 1. The third-order valence-electron chi connectivity index (χ3n) is 3.98. The Balaban J connectivity index is 2.20. The molecule has 0 amide bonds. The molecule has 0 bridgehead atoms. The van der Waals surface area contributed by atoms with Gasteiger partial charge in [-0.15, -0.1) is 0 Å². The quantitative estimate of drug-likeness (QED) is 0.887. The summed E-state index contributed by atoms with van der Waals surface area (Å²) in [5.74, 6) is -0.0916. The fourth-order valence-corrected chi connectivity index (χ4v) is 2.83. The van der Waals surface area contributed by atoms with Gasteiger partial charge in [-0.1, -0.05) is 25.1 Å². The number of rotatable bonds is 3. The van der Waals surface area contributed by atoms with E-state index in [2.05, 4.69) is 31.0 Å². The molecule has 1 aromatic rings. The highest BCUT2D eigenvalue weighted by molar-refractivity contribution is 5.21. The van der Waals surface area contributed by atoms with Crippen LogP contribution in [0.4, 0.5) is 4.39 Å². The smallest absolute Gasteiger partial charge is 0.127 e. The molecule has 0 aliphatic carbocycles. The average Bonchev–Trinajstić information content (AvgIpc) is 2.38. The minimum absolute atomic E-state index is 0.0916. The monoisotopic (exact) mass is 250 g/mol. The summed E-state index contributed by atoms with van der Waals surface area (Å²) in [6.07, 6.45) is 1.10. The summed E-state index contributed by atoms with van der Waals surface area (Å²) < 4.78 is 13.9. The third-order valence-corrected chi connectivity index (χ3v) is 3.98. The van der Waals surface area contributed by atoms with E-state index in [9.17, 15) is 4.39 Å². The van der Waals surface area contributed by atoms with Gasteiger partial charge in [0.05, 0.1) is 0 Å². The molecule has 1 aliphatic heterocycles. The maximum atomic E-state index is 13.9. The van der Waals surface area contributed by atoms with Gasteiger partial charge < -0.3 is 5.32 Å². The van der Waals surface area contributed by atoms with E-state index in [0.717, 1.165) is 25.1 Å². The van der Waals surface area contributed by atoms with Gasteiger partial charge in [-0.3, -0.25) is 4.90 Å². The zero-order valence-corrected chi connectivity index (χ0v) is 11.5.